The first-order valence-corrected chi connectivity index (χ1v) is 14.2. The number of carbonyl (C=O) groups excluding carboxylic acids is 1. The van der Waals surface area contributed by atoms with Crippen molar-refractivity contribution in [3.05, 3.63) is 0 Å². The van der Waals surface area contributed by atoms with Crippen LogP contribution in [0.1, 0.15) is 105 Å². The number of carbonyl (C=O) groups is 1. The van der Waals surface area contributed by atoms with Gasteiger partial charge in [-0.05, 0) is 87.4 Å². The van der Waals surface area contributed by atoms with Gasteiger partial charge in [0.1, 0.15) is 0 Å². The fourth-order valence-electron chi connectivity index (χ4n) is 7.98. The molecule has 1 heterocycles. The van der Waals surface area contributed by atoms with E-state index in [1.807, 2.05) is 0 Å². The molecule has 1 N–H and O–H groups in total. The van der Waals surface area contributed by atoms with Gasteiger partial charge in [-0.15, -0.1) is 13.2 Å². The Kier molecular flexibility index (Phi) is 8.42. The van der Waals surface area contributed by atoms with Crippen LogP contribution in [0.5, 0.6) is 0 Å². The predicted octanol–water partition coefficient (Wildman–Crippen LogP) is 6.19. The Balaban J connectivity index is 1.47. The fraction of sp³-hybridized carbons (Fsp3) is 0.929. The molecule has 1 aliphatic heterocycles. The molecule has 37 heavy (non-hydrogen) atoms. The fourth-order valence-corrected chi connectivity index (χ4v) is 7.98. The highest BCUT2D eigenvalue weighted by atomic mass is 19.4. The Morgan fingerprint density at radius 3 is 2.30 bits per heavy atom. The van der Waals surface area contributed by atoms with E-state index in [2.05, 4.69) is 42.6 Å². The third kappa shape index (κ3) is 7.54. The number of fused-ring (bicyclic) bond motifs is 1. The second kappa shape index (κ2) is 10.9. The van der Waals surface area contributed by atoms with Crippen molar-refractivity contribution in [3.63, 3.8) is 0 Å². The topological polar surface area (TPSA) is 63.2 Å². The maximum absolute atomic E-state index is 12.7. The van der Waals surface area contributed by atoms with E-state index in [0.717, 1.165) is 44.5 Å². The maximum Gasteiger partial charge on any atom is 0.522 e. The summed E-state index contributed by atoms with van der Waals surface area (Å²) in [4.78, 5) is 19.5. The van der Waals surface area contributed by atoms with Crippen LogP contribution in [0, 0.1) is 16.7 Å². The van der Waals surface area contributed by atoms with Crippen LogP contribution in [-0.2, 0) is 14.3 Å². The monoisotopic (exact) mass is 529 g/mol. The Hall–Kier alpha value is -1.51. The molecule has 4 aliphatic rings. The molecule has 0 saturated heterocycles. The zero-order valence-electron chi connectivity index (χ0n) is 23.2. The van der Waals surface area contributed by atoms with Gasteiger partial charge in [-0.2, -0.15) is 0 Å². The zero-order chi connectivity index (χ0) is 27.0. The lowest BCUT2D eigenvalue weighted by molar-refractivity contribution is -0.345. The predicted molar refractivity (Wildman–Crippen MR) is 137 cm³/mol. The average Bonchev–Trinajstić information content (AvgIpc) is 3.12. The summed E-state index contributed by atoms with van der Waals surface area (Å²) >= 11 is 0. The molecule has 0 aromatic heterocycles. The highest BCUT2D eigenvalue weighted by Gasteiger charge is 2.48. The number of hydrogen-bond acceptors (Lipinski definition) is 6. The van der Waals surface area contributed by atoms with Crippen LogP contribution in [0.15, 0.2) is 4.99 Å². The second-order valence-corrected chi connectivity index (χ2v) is 13.5. The van der Waals surface area contributed by atoms with Gasteiger partial charge in [-0.25, -0.2) is 4.99 Å². The van der Waals surface area contributed by atoms with E-state index in [1.54, 1.807) is 0 Å². The summed E-state index contributed by atoms with van der Waals surface area (Å²) in [6.07, 6.45) is 4.56. The molecule has 0 aromatic carbocycles. The van der Waals surface area contributed by atoms with Crippen LogP contribution < -0.4 is 5.32 Å². The van der Waals surface area contributed by atoms with E-state index in [9.17, 15) is 18.0 Å². The Morgan fingerprint density at radius 1 is 1.05 bits per heavy atom. The summed E-state index contributed by atoms with van der Waals surface area (Å²) in [6, 6.07) is 1.03. The summed E-state index contributed by atoms with van der Waals surface area (Å²) in [6.45, 7) is 9.46. The van der Waals surface area contributed by atoms with Gasteiger partial charge in [-0.1, -0.05) is 27.7 Å². The van der Waals surface area contributed by atoms with Gasteiger partial charge >= 0.3 is 12.3 Å². The molecule has 3 unspecified atom stereocenters. The van der Waals surface area contributed by atoms with Crippen LogP contribution in [0.4, 0.5) is 13.2 Å². The number of halogens is 3. The van der Waals surface area contributed by atoms with Crippen molar-refractivity contribution < 1.29 is 27.4 Å². The molecule has 9 heteroatoms. The van der Waals surface area contributed by atoms with Crippen molar-refractivity contribution in [1.29, 1.82) is 0 Å². The number of ether oxygens (including phenoxy) is 2. The maximum atomic E-state index is 12.7. The van der Waals surface area contributed by atoms with Crippen LogP contribution in [0.3, 0.4) is 0 Å². The number of rotatable bonds is 6. The van der Waals surface area contributed by atoms with Gasteiger partial charge < -0.3 is 15.0 Å². The molecule has 0 amide bonds. The summed E-state index contributed by atoms with van der Waals surface area (Å²) < 4.78 is 47.2. The van der Waals surface area contributed by atoms with Crippen LogP contribution >= 0.6 is 0 Å². The lowest BCUT2D eigenvalue weighted by Gasteiger charge is -2.51. The van der Waals surface area contributed by atoms with E-state index in [-0.39, 0.29) is 28.9 Å². The van der Waals surface area contributed by atoms with Crippen LogP contribution in [-0.4, -0.2) is 60.6 Å². The summed E-state index contributed by atoms with van der Waals surface area (Å²) in [5.41, 5.74) is 0.473. The first kappa shape index (κ1) is 28.5. The van der Waals surface area contributed by atoms with Gasteiger partial charge in [0.15, 0.2) is 5.96 Å². The lowest BCUT2D eigenvalue weighted by atomic mass is 9.63. The van der Waals surface area contributed by atoms with Crippen molar-refractivity contribution in [2.75, 3.05) is 7.11 Å². The summed E-state index contributed by atoms with van der Waals surface area (Å²) in [5, 5.41) is 3.70. The largest absolute Gasteiger partial charge is 0.522 e. The number of guanidine groups is 1. The number of methoxy groups -OCH3 is 1. The van der Waals surface area contributed by atoms with Crippen molar-refractivity contribution in [1.82, 2.24) is 10.2 Å². The average molecular weight is 530 g/mol. The van der Waals surface area contributed by atoms with Crippen molar-refractivity contribution in [2.24, 2.45) is 21.7 Å². The first-order chi connectivity index (χ1) is 17.2. The minimum atomic E-state index is -4.57. The minimum Gasteiger partial charge on any atom is -0.469 e. The van der Waals surface area contributed by atoms with E-state index >= 15 is 0 Å². The molecular weight excluding hydrogens is 483 g/mol. The molecular formula is C28H46F3N3O3. The Labute approximate surface area is 220 Å². The zero-order valence-corrected chi connectivity index (χ0v) is 23.2. The molecule has 3 saturated carbocycles. The highest BCUT2D eigenvalue weighted by molar-refractivity contribution is 5.83. The van der Waals surface area contributed by atoms with Gasteiger partial charge in [-0.3, -0.25) is 9.53 Å². The smallest absolute Gasteiger partial charge is 0.469 e. The second-order valence-electron chi connectivity index (χ2n) is 13.5. The van der Waals surface area contributed by atoms with Crippen LogP contribution in [0.2, 0.25) is 0 Å². The van der Waals surface area contributed by atoms with E-state index in [4.69, 9.17) is 9.73 Å². The molecule has 0 spiro atoms. The molecule has 212 valence electrons. The normalized spacial score (nSPS) is 34.0. The minimum absolute atomic E-state index is 0.106. The molecule has 0 aromatic rings. The summed E-state index contributed by atoms with van der Waals surface area (Å²) in [7, 11) is 1.44. The van der Waals surface area contributed by atoms with Crippen molar-refractivity contribution >= 4 is 11.9 Å². The standard InChI is InChI=1S/C28H46F3N3O3/c1-26(2)15-20(16-27(3,4)17-26)34-23-12-6-18(7-13-24(35)36-5)14-22(23)33-25(34)32-19-8-10-21(11-9-19)37-28(29,30)31/h18-23H,6-17H2,1-5H3,(H,32,33). The molecule has 0 radical (unpaired) electrons. The Bertz CT molecular complexity index is 820. The number of hydrogen-bond donors (Lipinski definition) is 1. The number of esters is 1. The third-order valence-electron chi connectivity index (χ3n) is 9.00. The number of nitrogens with one attached hydrogen (secondary N) is 1. The molecule has 3 atom stereocenters. The summed E-state index contributed by atoms with van der Waals surface area (Å²) in [5.74, 6) is 1.25. The van der Waals surface area contributed by atoms with E-state index in [1.165, 1.54) is 13.5 Å². The van der Waals surface area contributed by atoms with E-state index < -0.39 is 12.5 Å². The van der Waals surface area contributed by atoms with Crippen molar-refractivity contribution in [3.8, 4) is 0 Å². The van der Waals surface area contributed by atoms with Gasteiger partial charge in [0.25, 0.3) is 0 Å². The number of alkyl halides is 3. The van der Waals surface area contributed by atoms with Crippen molar-refractivity contribution in [2.45, 2.75) is 141 Å². The molecule has 3 fully saturated rings. The van der Waals surface area contributed by atoms with Gasteiger partial charge in [0, 0.05) is 18.5 Å². The Morgan fingerprint density at radius 2 is 1.70 bits per heavy atom. The van der Waals surface area contributed by atoms with E-state index in [0.29, 0.717) is 50.1 Å². The third-order valence-corrected chi connectivity index (χ3v) is 9.00. The SMILES string of the molecule is COC(=O)CCC1CCC2C(C1)N=C(NC1CCC(OC(F)(F)F)CC1)N2C1CC(C)(C)CC(C)(C)C1. The van der Waals surface area contributed by atoms with Gasteiger partial charge in [0.05, 0.1) is 25.3 Å². The molecule has 6 nitrogen and oxygen atoms in total. The van der Waals surface area contributed by atoms with Crippen LogP contribution in [0.25, 0.3) is 0 Å². The van der Waals surface area contributed by atoms with Gasteiger partial charge in [0.2, 0.25) is 0 Å². The number of aliphatic imine (C=N–C) groups is 1. The number of nitrogens with zero attached hydrogens (tertiary/aromatic N) is 2. The first-order valence-electron chi connectivity index (χ1n) is 14.2. The lowest BCUT2D eigenvalue weighted by Crippen LogP contribution is -2.57. The highest BCUT2D eigenvalue weighted by Crippen LogP contribution is 2.49. The molecule has 3 aliphatic carbocycles. The molecule has 4 rings (SSSR count). The quantitative estimate of drug-likeness (QED) is 0.416. The molecule has 0 bridgehead atoms.